The Morgan fingerprint density at radius 3 is 2.11 bits per heavy atom. The summed E-state index contributed by atoms with van der Waals surface area (Å²) in [6, 6.07) is -0.458. The van der Waals surface area contributed by atoms with Crippen LogP contribution in [0, 0.1) is 0 Å². The second-order valence-electron chi connectivity index (χ2n) is 5.77. The first kappa shape index (κ1) is 15.8. The van der Waals surface area contributed by atoms with Crippen molar-refractivity contribution in [1.82, 2.24) is 9.80 Å². The molecule has 1 atom stereocenters. The minimum atomic E-state index is -0.798. The van der Waals surface area contributed by atoms with Crippen molar-refractivity contribution in [1.29, 1.82) is 0 Å². The number of hydrogen-bond acceptors (Lipinski definition) is 4. The Morgan fingerprint density at radius 2 is 1.74 bits per heavy atom. The summed E-state index contributed by atoms with van der Waals surface area (Å²) < 4.78 is 5.30. The molecule has 1 saturated heterocycles. The predicted molar refractivity (Wildman–Crippen MR) is 71.1 cm³/mol. The number of nitrogens with zero attached hydrogens (tertiary/aromatic N) is 2. The van der Waals surface area contributed by atoms with Crippen LogP contribution in [0.2, 0.25) is 0 Å². The van der Waals surface area contributed by atoms with E-state index in [2.05, 4.69) is 0 Å². The zero-order valence-corrected chi connectivity index (χ0v) is 12.2. The van der Waals surface area contributed by atoms with Crippen molar-refractivity contribution in [3.63, 3.8) is 0 Å². The molecular formula is C13H24N2O4. The van der Waals surface area contributed by atoms with E-state index in [1.165, 1.54) is 0 Å². The predicted octanol–water partition coefficient (Wildman–Crippen LogP) is 1.40. The molecule has 0 saturated carbocycles. The minimum absolute atomic E-state index is 0.324. The summed E-state index contributed by atoms with van der Waals surface area (Å²) >= 11 is 0. The molecule has 0 radical (unpaired) electrons. The van der Waals surface area contributed by atoms with E-state index in [0.29, 0.717) is 32.6 Å². The van der Waals surface area contributed by atoms with Crippen molar-refractivity contribution in [2.75, 3.05) is 26.2 Å². The van der Waals surface area contributed by atoms with Gasteiger partial charge in [0.1, 0.15) is 11.6 Å². The van der Waals surface area contributed by atoms with Crippen LogP contribution in [-0.4, -0.2) is 64.8 Å². The summed E-state index contributed by atoms with van der Waals surface area (Å²) in [6.07, 6.45) is 0.248. The summed E-state index contributed by atoms with van der Waals surface area (Å²) in [4.78, 5) is 26.5. The van der Waals surface area contributed by atoms with Gasteiger partial charge in [-0.15, -0.1) is 0 Å². The molecule has 1 unspecified atom stereocenters. The van der Waals surface area contributed by atoms with Crippen LogP contribution in [0.3, 0.4) is 0 Å². The Morgan fingerprint density at radius 1 is 1.21 bits per heavy atom. The van der Waals surface area contributed by atoms with Crippen molar-refractivity contribution >= 4 is 12.1 Å². The zero-order chi connectivity index (χ0) is 14.6. The second-order valence-corrected chi connectivity index (χ2v) is 5.77. The lowest BCUT2D eigenvalue weighted by atomic mass is 10.1. The van der Waals surface area contributed by atoms with E-state index >= 15 is 0 Å². The molecule has 0 aliphatic carbocycles. The third-order valence-electron chi connectivity index (χ3n) is 3.08. The maximum atomic E-state index is 11.9. The van der Waals surface area contributed by atoms with Crippen LogP contribution in [-0.2, 0) is 9.53 Å². The average Bonchev–Trinajstić information content (AvgIpc) is 2.28. The standard InChI is InChI=1S/C13H24N2O4/c1-5-10(11(16)17)14-6-8-15(9-7-14)12(18)19-13(2,3)4/h10H,5-9H2,1-4H3,(H,16,17). The van der Waals surface area contributed by atoms with Gasteiger partial charge < -0.3 is 14.7 Å². The van der Waals surface area contributed by atoms with Crippen LogP contribution < -0.4 is 0 Å². The topological polar surface area (TPSA) is 70.1 Å². The van der Waals surface area contributed by atoms with Gasteiger partial charge in [0.05, 0.1) is 0 Å². The first-order valence-corrected chi connectivity index (χ1v) is 6.69. The highest BCUT2D eigenvalue weighted by atomic mass is 16.6. The normalized spacial score (nSPS) is 19.1. The highest BCUT2D eigenvalue weighted by Crippen LogP contribution is 2.14. The van der Waals surface area contributed by atoms with Gasteiger partial charge in [-0.05, 0) is 27.2 Å². The van der Waals surface area contributed by atoms with Gasteiger partial charge in [-0.3, -0.25) is 9.69 Å². The number of carboxylic acid groups (broad SMARTS) is 1. The molecule has 6 nitrogen and oxygen atoms in total. The molecule has 0 aromatic carbocycles. The number of hydrogen-bond donors (Lipinski definition) is 1. The van der Waals surface area contributed by atoms with Gasteiger partial charge in [-0.1, -0.05) is 6.92 Å². The molecule has 1 aliphatic heterocycles. The monoisotopic (exact) mass is 272 g/mol. The third kappa shape index (κ3) is 4.70. The van der Waals surface area contributed by atoms with Crippen LogP contribution in [0.5, 0.6) is 0 Å². The summed E-state index contributed by atoms with van der Waals surface area (Å²) in [7, 11) is 0. The van der Waals surface area contributed by atoms with E-state index in [0.717, 1.165) is 0 Å². The number of carboxylic acids is 1. The van der Waals surface area contributed by atoms with Gasteiger partial charge in [0, 0.05) is 26.2 Å². The van der Waals surface area contributed by atoms with E-state index < -0.39 is 17.6 Å². The number of piperazine rings is 1. The summed E-state index contributed by atoms with van der Waals surface area (Å²) in [5.74, 6) is -0.798. The van der Waals surface area contributed by atoms with Crippen molar-refractivity contribution in [3.05, 3.63) is 0 Å². The molecular weight excluding hydrogens is 248 g/mol. The number of carbonyl (C=O) groups is 2. The molecule has 1 rings (SSSR count). The van der Waals surface area contributed by atoms with Gasteiger partial charge in [-0.2, -0.15) is 0 Å². The quantitative estimate of drug-likeness (QED) is 0.841. The second kappa shape index (κ2) is 6.23. The maximum absolute atomic E-state index is 11.9. The van der Waals surface area contributed by atoms with Crippen LogP contribution in [0.25, 0.3) is 0 Å². The van der Waals surface area contributed by atoms with E-state index in [-0.39, 0.29) is 6.09 Å². The Bertz CT molecular complexity index is 330. The number of amides is 1. The van der Waals surface area contributed by atoms with Gasteiger partial charge in [-0.25, -0.2) is 4.79 Å². The average molecular weight is 272 g/mol. The summed E-state index contributed by atoms with van der Waals surface area (Å²) in [5.41, 5.74) is -0.499. The van der Waals surface area contributed by atoms with Gasteiger partial charge in [0.15, 0.2) is 0 Å². The number of rotatable bonds is 3. The molecule has 0 spiro atoms. The fourth-order valence-corrected chi connectivity index (χ4v) is 2.13. The zero-order valence-electron chi connectivity index (χ0n) is 12.2. The lowest BCUT2D eigenvalue weighted by molar-refractivity contribution is -0.144. The molecule has 0 aromatic heterocycles. The van der Waals surface area contributed by atoms with Crippen molar-refractivity contribution in [2.45, 2.75) is 45.8 Å². The molecule has 0 aromatic rings. The third-order valence-corrected chi connectivity index (χ3v) is 3.08. The Hall–Kier alpha value is -1.30. The lowest BCUT2D eigenvalue weighted by Gasteiger charge is -2.37. The molecule has 0 bridgehead atoms. The molecule has 110 valence electrons. The number of ether oxygens (including phenoxy) is 1. The van der Waals surface area contributed by atoms with E-state index in [1.807, 2.05) is 32.6 Å². The lowest BCUT2D eigenvalue weighted by Crippen LogP contribution is -2.54. The molecule has 1 aliphatic rings. The largest absolute Gasteiger partial charge is 0.480 e. The van der Waals surface area contributed by atoms with E-state index in [9.17, 15) is 9.59 Å². The molecule has 1 N–H and O–H groups in total. The van der Waals surface area contributed by atoms with Crippen LogP contribution in [0.15, 0.2) is 0 Å². The molecule has 1 heterocycles. The fourth-order valence-electron chi connectivity index (χ4n) is 2.13. The van der Waals surface area contributed by atoms with Gasteiger partial charge in [0.25, 0.3) is 0 Å². The van der Waals surface area contributed by atoms with Crippen LogP contribution in [0.1, 0.15) is 34.1 Å². The first-order valence-electron chi connectivity index (χ1n) is 6.69. The molecule has 6 heteroatoms. The smallest absolute Gasteiger partial charge is 0.410 e. The van der Waals surface area contributed by atoms with Gasteiger partial charge in [0.2, 0.25) is 0 Å². The van der Waals surface area contributed by atoms with Gasteiger partial charge >= 0.3 is 12.1 Å². The number of aliphatic carboxylic acids is 1. The molecule has 1 amide bonds. The minimum Gasteiger partial charge on any atom is -0.480 e. The highest BCUT2D eigenvalue weighted by Gasteiger charge is 2.30. The van der Waals surface area contributed by atoms with Crippen LogP contribution in [0.4, 0.5) is 4.79 Å². The maximum Gasteiger partial charge on any atom is 0.410 e. The molecule has 1 fully saturated rings. The Labute approximate surface area is 114 Å². The van der Waals surface area contributed by atoms with Crippen molar-refractivity contribution in [3.8, 4) is 0 Å². The fraction of sp³-hybridized carbons (Fsp3) is 0.846. The summed E-state index contributed by atoms with van der Waals surface area (Å²) in [5, 5.41) is 9.11. The van der Waals surface area contributed by atoms with Crippen molar-refractivity contribution < 1.29 is 19.4 Å². The SMILES string of the molecule is CCC(C(=O)O)N1CCN(C(=O)OC(C)(C)C)CC1. The summed E-state index contributed by atoms with van der Waals surface area (Å²) in [6.45, 7) is 9.53. The Kier molecular flexibility index (Phi) is 5.17. The van der Waals surface area contributed by atoms with E-state index in [4.69, 9.17) is 9.84 Å². The van der Waals surface area contributed by atoms with Crippen LogP contribution >= 0.6 is 0 Å². The first-order chi connectivity index (χ1) is 8.74. The Balaban J connectivity index is 2.49. The molecule has 19 heavy (non-hydrogen) atoms. The van der Waals surface area contributed by atoms with Crippen molar-refractivity contribution in [2.24, 2.45) is 0 Å². The van der Waals surface area contributed by atoms with E-state index in [1.54, 1.807) is 4.90 Å². The number of carbonyl (C=O) groups excluding carboxylic acids is 1. The highest BCUT2D eigenvalue weighted by molar-refractivity contribution is 5.73.